The Morgan fingerprint density at radius 2 is 2.13 bits per heavy atom. The van der Waals surface area contributed by atoms with Gasteiger partial charge in [-0.1, -0.05) is 0 Å². The summed E-state index contributed by atoms with van der Waals surface area (Å²) in [5, 5.41) is 0. The lowest BCUT2D eigenvalue weighted by molar-refractivity contribution is 0.0570. The third kappa shape index (κ3) is 2.90. The van der Waals surface area contributed by atoms with Crippen LogP contribution in [0.1, 0.15) is 17.3 Å². The Morgan fingerprint density at radius 3 is 2.67 bits per heavy atom. The quantitative estimate of drug-likeness (QED) is 0.727. The minimum absolute atomic E-state index is 0.0433. The van der Waals surface area contributed by atoms with Crippen molar-refractivity contribution in [2.24, 2.45) is 0 Å². The molecule has 0 unspecified atom stereocenters. The van der Waals surface area contributed by atoms with E-state index in [1.54, 1.807) is 0 Å². The maximum absolute atomic E-state index is 12.8. The summed E-state index contributed by atoms with van der Waals surface area (Å²) in [6, 6.07) is 3.19. The maximum Gasteiger partial charge on any atom is 0.341 e. The van der Waals surface area contributed by atoms with E-state index in [4.69, 9.17) is 0 Å². The molecule has 15 heavy (non-hydrogen) atoms. The zero-order valence-corrected chi connectivity index (χ0v) is 8.29. The van der Waals surface area contributed by atoms with Crippen molar-refractivity contribution in [1.29, 1.82) is 0 Å². The largest absolute Gasteiger partial charge is 0.465 e. The van der Waals surface area contributed by atoms with Gasteiger partial charge in [0.2, 0.25) is 6.36 Å². The highest BCUT2D eigenvalue weighted by Crippen LogP contribution is 2.21. The van der Waals surface area contributed by atoms with Gasteiger partial charge in [0, 0.05) is 6.92 Å². The molecule has 0 aliphatic carbocycles. The average molecular weight is 216 g/mol. The molecule has 5 heteroatoms. The van der Waals surface area contributed by atoms with Crippen molar-refractivity contribution in [2.45, 2.75) is 13.3 Å². The van der Waals surface area contributed by atoms with E-state index in [1.165, 1.54) is 6.07 Å². The highest BCUT2D eigenvalue weighted by molar-refractivity contribution is 5.92. The van der Waals surface area contributed by atoms with Gasteiger partial charge in [-0.25, -0.2) is 13.6 Å². The zero-order valence-electron chi connectivity index (χ0n) is 8.29. The third-order valence-corrected chi connectivity index (χ3v) is 1.64. The van der Waals surface area contributed by atoms with Crippen LogP contribution in [-0.2, 0) is 4.74 Å². The monoisotopic (exact) mass is 216 g/mol. The number of esters is 1. The van der Waals surface area contributed by atoms with Crippen molar-refractivity contribution < 1.29 is 23.0 Å². The highest BCUT2D eigenvalue weighted by Gasteiger charge is 2.15. The van der Waals surface area contributed by atoms with Gasteiger partial charge in [0.1, 0.15) is 17.1 Å². The lowest BCUT2D eigenvalue weighted by Gasteiger charge is -2.10. The molecule has 0 saturated heterocycles. The van der Waals surface area contributed by atoms with E-state index >= 15 is 0 Å². The number of carbonyl (C=O) groups excluding carboxylic acids is 1. The number of carbonyl (C=O) groups is 1. The first kappa shape index (κ1) is 11.4. The summed E-state index contributed by atoms with van der Waals surface area (Å²) in [5.41, 5.74) is -0.137. The predicted octanol–water partition coefficient (Wildman–Crippen LogP) is 2.31. The van der Waals surface area contributed by atoms with Gasteiger partial charge in [-0.05, 0) is 18.2 Å². The number of benzene rings is 1. The molecule has 0 heterocycles. The summed E-state index contributed by atoms with van der Waals surface area (Å²) in [6.45, 7) is 1.16. The van der Waals surface area contributed by atoms with Crippen molar-refractivity contribution in [2.75, 3.05) is 7.11 Å². The number of ether oxygens (including phenoxy) is 2. The normalized spacial score (nSPS) is 12.0. The standard InChI is InChI=1S/C10H10F2O3/c1-6(11)15-9-4-3-7(12)5-8(9)10(13)14-2/h3-6H,1-2H3/t6-/m1/s1. The Bertz CT molecular complexity index is 364. The average Bonchev–Trinajstić information content (AvgIpc) is 2.19. The molecule has 0 aliphatic rings. The van der Waals surface area contributed by atoms with Crippen molar-refractivity contribution in [3.05, 3.63) is 29.6 Å². The second-order valence-electron chi connectivity index (χ2n) is 2.79. The van der Waals surface area contributed by atoms with Gasteiger partial charge in [-0.2, -0.15) is 0 Å². The van der Waals surface area contributed by atoms with E-state index in [1.807, 2.05) is 0 Å². The molecule has 1 aromatic rings. The molecule has 0 saturated carbocycles. The molecule has 0 N–H and O–H groups in total. The van der Waals surface area contributed by atoms with Crippen LogP contribution in [0.25, 0.3) is 0 Å². The van der Waals surface area contributed by atoms with Gasteiger partial charge < -0.3 is 9.47 Å². The van der Waals surface area contributed by atoms with Crippen molar-refractivity contribution in [1.82, 2.24) is 0 Å². The van der Waals surface area contributed by atoms with Crippen LogP contribution in [0, 0.1) is 5.82 Å². The fraction of sp³-hybridized carbons (Fsp3) is 0.300. The summed E-state index contributed by atoms with van der Waals surface area (Å²) in [6.07, 6.45) is -1.58. The topological polar surface area (TPSA) is 35.5 Å². The van der Waals surface area contributed by atoms with Crippen LogP contribution < -0.4 is 4.74 Å². The minimum Gasteiger partial charge on any atom is -0.465 e. The number of hydrogen-bond acceptors (Lipinski definition) is 3. The van der Waals surface area contributed by atoms with Gasteiger partial charge in [0.05, 0.1) is 7.11 Å². The zero-order chi connectivity index (χ0) is 11.4. The van der Waals surface area contributed by atoms with Crippen molar-refractivity contribution >= 4 is 5.97 Å². The molecule has 0 bridgehead atoms. The van der Waals surface area contributed by atoms with Gasteiger partial charge in [-0.15, -0.1) is 0 Å². The van der Waals surface area contributed by atoms with E-state index in [-0.39, 0.29) is 11.3 Å². The number of rotatable bonds is 3. The number of halogens is 2. The Hall–Kier alpha value is -1.65. The van der Waals surface area contributed by atoms with E-state index in [0.717, 1.165) is 26.2 Å². The van der Waals surface area contributed by atoms with Crippen molar-refractivity contribution in [3.8, 4) is 5.75 Å². The van der Waals surface area contributed by atoms with E-state index in [9.17, 15) is 13.6 Å². The fourth-order valence-corrected chi connectivity index (χ4v) is 1.05. The predicted molar refractivity (Wildman–Crippen MR) is 48.9 cm³/mol. The molecule has 0 aliphatic heterocycles. The van der Waals surface area contributed by atoms with E-state index in [0.29, 0.717) is 0 Å². The molecular formula is C10H10F2O3. The summed E-state index contributed by atoms with van der Waals surface area (Å²) >= 11 is 0. The van der Waals surface area contributed by atoms with Crippen LogP contribution >= 0.6 is 0 Å². The van der Waals surface area contributed by atoms with Crippen LogP contribution in [0.15, 0.2) is 18.2 Å². The molecule has 3 nitrogen and oxygen atoms in total. The first-order valence-electron chi connectivity index (χ1n) is 4.23. The lowest BCUT2D eigenvalue weighted by atomic mass is 10.2. The molecule has 1 rings (SSSR count). The second kappa shape index (κ2) is 4.72. The van der Waals surface area contributed by atoms with Crippen molar-refractivity contribution in [3.63, 3.8) is 0 Å². The minimum atomic E-state index is -1.58. The first-order valence-corrected chi connectivity index (χ1v) is 4.23. The summed E-state index contributed by atoms with van der Waals surface area (Å²) in [5.74, 6) is -1.43. The molecule has 0 amide bonds. The van der Waals surface area contributed by atoms with E-state index in [2.05, 4.69) is 9.47 Å². The number of alkyl halides is 1. The SMILES string of the molecule is COC(=O)c1cc(F)ccc1O[C@H](C)F. The van der Waals surface area contributed by atoms with Crippen LogP contribution in [0.3, 0.4) is 0 Å². The fourth-order valence-electron chi connectivity index (χ4n) is 1.05. The Balaban J connectivity index is 3.08. The van der Waals surface area contributed by atoms with Crippen LogP contribution in [-0.4, -0.2) is 19.4 Å². The lowest BCUT2D eigenvalue weighted by Crippen LogP contribution is -2.10. The first-order chi connectivity index (χ1) is 7.04. The van der Waals surface area contributed by atoms with Crippen LogP contribution in [0.2, 0.25) is 0 Å². The molecule has 0 radical (unpaired) electrons. The Labute approximate surface area is 85.6 Å². The Kier molecular flexibility index (Phi) is 3.60. The van der Waals surface area contributed by atoms with Gasteiger partial charge >= 0.3 is 5.97 Å². The number of hydrogen-bond donors (Lipinski definition) is 0. The molecule has 1 aromatic carbocycles. The molecule has 0 fully saturated rings. The van der Waals surface area contributed by atoms with Crippen LogP contribution in [0.4, 0.5) is 8.78 Å². The van der Waals surface area contributed by atoms with Gasteiger partial charge in [0.25, 0.3) is 0 Å². The molecular weight excluding hydrogens is 206 g/mol. The van der Waals surface area contributed by atoms with Crippen LogP contribution in [0.5, 0.6) is 5.75 Å². The van der Waals surface area contributed by atoms with Gasteiger partial charge in [0.15, 0.2) is 0 Å². The van der Waals surface area contributed by atoms with E-state index < -0.39 is 18.1 Å². The molecule has 1 atom stereocenters. The highest BCUT2D eigenvalue weighted by atomic mass is 19.1. The second-order valence-corrected chi connectivity index (χ2v) is 2.79. The summed E-state index contributed by atoms with van der Waals surface area (Å²) in [7, 11) is 1.15. The third-order valence-electron chi connectivity index (χ3n) is 1.64. The number of methoxy groups -OCH3 is 1. The molecule has 0 aromatic heterocycles. The molecule has 0 spiro atoms. The Morgan fingerprint density at radius 1 is 1.47 bits per heavy atom. The maximum atomic E-state index is 12.8. The summed E-state index contributed by atoms with van der Waals surface area (Å²) in [4.78, 5) is 11.2. The van der Waals surface area contributed by atoms with Gasteiger partial charge in [-0.3, -0.25) is 0 Å². The smallest absolute Gasteiger partial charge is 0.341 e. The molecule has 82 valence electrons. The summed E-state index contributed by atoms with van der Waals surface area (Å²) < 4.78 is 34.5.